The summed E-state index contributed by atoms with van der Waals surface area (Å²) in [7, 11) is 1.86. The molecule has 1 fully saturated rings. The van der Waals surface area contributed by atoms with Crippen molar-refractivity contribution in [1.82, 2.24) is 14.9 Å². The normalized spacial score (nSPS) is 19.2. The Bertz CT molecular complexity index is 636. The van der Waals surface area contributed by atoms with Gasteiger partial charge >= 0.3 is 0 Å². The van der Waals surface area contributed by atoms with Crippen LogP contribution in [0.15, 0.2) is 23.0 Å². The lowest BCUT2D eigenvalue weighted by Gasteiger charge is -2.30. The van der Waals surface area contributed by atoms with E-state index in [1.165, 1.54) is 0 Å². The molecule has 0 N–H and O–H groups in total. The predicted octanol–water partition coefficient (Wildman–Crippen LogP) is 2.15. The predicted molar refractivity (Wildman–Crippen MR) is 81.1 cm³/mol. The van der Waals surface area contributed by atoms with Crippen LogP contribution < -0.4 is 4.90 Å². The van der Waals surface area contributed by atoms with Crippen molar-refractivity contribution >= 4 is 23.4 Å². The number of anilines is 1. The van der Waals surface area contributed by atoms with Crippen molar-refractivity contribution in [1.29, 1.82) is 0 Å². The summed E-state index contributed by atoms with van der Waals surface area (Å²) in [6, 6.07) is 1.92. The lowest BCUT2D eigenvalue weighted by atomic mass is 10.1. The Morgan fingerprint density at radius 1 is 1.52 bits per heavy atom. The van der Waals surface area contributed by atoms with E-state index >= 15 is 0 Å². The van der Waals surface area contributed by atoms with E-state index in [1.807, 2.05) is 31.1 Å². The number of nitrogens with zero attached hydrogens (tertiary/aromatic N) is 4. The Morgan fingerprint density at radius 3 is 3.05 bits per heavy atom. The molecule has 0 radical (unpaired) electrons. The van der Waals surface area contributed by atoms with Crippen molar-refractivity contribution in [2.75, 3.05) is 11.4 Å². The van der Waals surface area contributed by atoms with Gasteiger partial charge in [0.15, 0.2) is 0 Å². The van der Waals surface area contributed by atoms with E-state index in [2.05, 4.69) is 10.3 Å². The zero-order chi connectivity index (χ0) is 14.8. The van der Waals surface area contributed by atoms with Gasteiger partial charge in [-0.25, -0.2) is 0 Å². The number of carbonyl (C=O) groups is 1. The van der Waals surface area contributed by atoms with Gasteiger partial charge in [0.25, 0.3) is 0 Å². The first-order valence-corrected chi connectivity index (χ1v) is 8.02. The van der Waals surface area contributed by atoms with Gasteiger partial charge in [-0.15, -0.1) is 11.8 Å². The number of hydrogen-bond acceptors (Lipinski definition) is 5. The minimum absolute atomic E-state index is 0.0176. The summed E-state index contributed by atoms with van der Waals surface area (Å²) >= 11 is 1.64. The maximum absolute atomic E-state index is 12.6. The van der Waals surface area contributed by atoms with E-state index in [1.54, 1.807) is 22.6 Å². The molecule has 1 saturated heterocycles. The summed E-state index contributed by atoms with van der Waals surface area (Å²) in [4.78, 5) is 14.4. The third-order valence-electron chi connectivity index (χ3n) is 3.50. The second-order valence-electron chi connectivity index (χ2n) is 5.23. The standard InChI is InChI=1S/C14H18N4O2S/c1-10-6-11(16-20-10)9-21-13-4-3-5-18(14(13)19)12-7-15-17(2)8-12/h6-8,13H,3-5,9H2,1-2H3/t13-/m1/s1. The maximum atomic E-state index is 12.6. The smallest absolute Gasteiger partial charge is 0.240 e. The van der Waals surface area contributed by atoms with Gasteiger partial charge in [0.1, 0.15) is 5.76 Å². The highest BCUT2D eigenvalue weighted by Gasteiger charge is 2.30. The molecule has 1 aliphatic rings. The molecule has 0 saturated carbocycles. The molecule has 2 aromatic heterocycles. The van der Waals surface area contributed by atoms with Crippen molar-refractivity contribution < 1.29 is 9.32 Å². The number of piperidine rings is 1. The first-order chi connectivity index (χ1) is 10.1. The Morgan fingerprint density at radius 2 is 2.38 bits per heavy atom. The van der Waals surface area contributed by atoms with Gasteiger partial charge in [-0.3, -0.25) is 9.48 Å². The van der Waals surface area contributed by atoms with Crippen molar-refractivity contribution in [3.63, 3.8) is 0 Å². The number of carbonyl (C=O) groups excluding carboxylic acids is 1. The van der Waals surface area contributed by atoms with E-state index < -0.39 is 0 Å². The fraction of sp³-hybridized carbons (Fsp3) is 0.500. The molecule has 1 amide bonds. The van der Waals surface area contributed by atoms with Crippen LogP contribution in [0.2, 0.25) is 0 Å². The van der Waals surface area contributed by atoms with E-state index in [0.717, 1.165) is 36.5 Å². The molecule has 7 heteroatoms. The minimum atomic E-state index is -0.0176. The van der Waals surface area contributed by atoms with E-state index in [-0.39, 0.29) is 11.2 Å². The fourth-order valence-corrected chi connectivity index (χ4v) is 3.58. The molecule has 0 bridgehead atoms. The average Bonchev–Trinajstić information content (AvgIpc) is 3.06. The third kappa shape index (κ3) is 3.12. The molecule has 21 heavy (non-hydrogen) atoms. The number of aromatic nitrogens is 3. The van der Waals surface area contributed by atoms with Crippen LogP contribution in [0.3, 0.4) is 0 Å². The van der Waals surface area contributed by atoms with Gasteiger partial charge in [-0.2, -0.15) is 5.10 Å². The molecular weight excluding hydrogens is 288 g/mol. The highest BCUT2D eigenvalue weighted by atomic mass is 32.2. The second kappa shape index (κ2) is 5.93. The van der Waals surface area contributed by atoms with Gasteiger partial charge in [-0.05, 0) is 19.8 Å². The van der Waals surface area contributed by atoms with Crippen molar-refractivity contribution in [3.8, 4) is 0 Å². The molecule has 1 atom stereocenters. The molecule has 3 heterocycles. The van der Waals surface area contributed by atoms with Crippen LogP contribution in [0.5, 0.6) is 0 Å². The summed E-state index contributed by atoms with van der Waals surface area (Å²) in [6.07, 6.45) is 5.55. The molecule has 112 valence electrons. The molecule has 2 aromatic rings. The number of thioether (sulfide) groups is 1. The summed E-state index contributed by atoms with van der Waals surface area (Å²) in [6.45, 7) is 2.64. The zero-order valence-electron chi connectivity index (χ0n) is 12.2. The SMILES string of the molecule is Cc1cc(CS[C@@H]2CCCN(c3cnn(C)c3)C2=O)no1. The number of rotatable bonds is 4. The zero-order valence-corrected chi connectivity index (χ0v) is 13.0. The van der Waals surface area contributed by atoms with Crippen LogP contribution in [0.25, 0.3) is 0 Å². The molecule has 0 aliphatic carbocycles. The average molecular weight is 306 g/mol. The monoisotopic (exact) mass is 306 g/mol. The van der Waals surface area contributed by atoms with Gasteiger partial charge in [0.2, 0.25) is 5.91 Å². The quantitative estimate of drug-likeness (QED) is 0.866. The molecule has 0 spiro atoms. The van der Waals surface area contributed by atoms with E-state index in [9.17, 15) is 4.79 Å². The first-order valence-electron chi connectivity index (χ1n) is 6.97. The molecular formula is C14H18N4O2S. The largest absolute Gasteiger partial charge is 0.361 e. The molecule has 0 aromatic carbocycles. The molecule has 3 rings (SSSR count). The highest BCUT2D eigenvalue weighted by molar-refractivity contribution is 7.99. The Balaban J connectivity index is 1.64. The van der Waals surface area contributed by atoms with E-state index in [4.69, 9.17) is 4.52 Å². The Hall–Kier alpha value is -1.76. The molecule has 1 aliphatic heterocycles. The van der Waals surface area contributed by atoms with Crippen LogP contribution in [-0.4, -0.2) is 32.6 Å². The van der Waals surface area contributed by atoms with Gasteiger partial charge in [0.05, 0.1) is 22.8 Å². The fourth-order valence-electron chi connectivity index (χ4n) is 2.47. The van der Waals surface area contributed by atoms with E-state index in [0.29, 0.717) is 5.75 Å². The maximum Gasteiger partial charge on any atom is 0.240 e. The summed E-state index contributed by atoms with van der Waals surface area (Å²) in [5, 5.41) is 8.10. The number of hydrogen-bond donors (Lipinski definition) is 0. The lowest BCUT2D eigenvalue weighted by Crippen LogP contribution is -2.42. The van der Waals surface area contributed by atoms with Crippen LogP contribution >= 0.6 is 11.8 Å². The van der Waals surface area contributed by atoms with Crippen molar-refractivity contribution in [3.05, 3.63) is 29.9 Å². The van der Waals surface area contributed by atoms with Crippen LogP contribution in [0.1, 0.15) is 24.3 Å². The molecule has 0 unspecified atom stereocenters. The topological polar surface area (TPSA) is 64.2 Å². The highest BCUT2D eigenvalue weighted by Crippen LogP contribution is 2.29. The van der Waals surface area contributed by atoms with Gasteiger partial charge in [-0.1, -0.05) is 5.16 Å². The van der Waals surface area contributed by atoms with Gasteiger partial charge < -0.3 is 9.42 Å². The second-order valence-corrected chi connectivity index (χ2v) is 6.42. The Labute approximate surface area is 127 Å². The van der Waals surface area contributed by atoms with Crippen molar-refractivity contribution in [2.24, 2.45) is 7.05 Å². The number of amides is 1. The summed E-state index contributed by atoms with van der Waals surface area (Å²) in [5.74, 6) is 1.67. The summed E-state index contributed by atoms with van der Waals surface area (Å²) in [5.41, 5.74) is 1.77. The lowest BCUT2D eigenvalue weighted by molar-refractivity contribution is -0.119. The Kier molecular flexibility index (Phi) is 4.01. The van der Waals surface area contributed by atoms with Crippen LogP contribution in [0.4, 0.5) is 5.69 Å². The first kappa shape index (κ1) is 14.2. The van der Waals surface area contributed by atoms with Crippen LogP contribution in [-0.2, 0) is 17.6 Å². The third-order valence-corrected chi connectivity index (χ3v) is 4.80. The van der Waals surface area contributed by atoms with Gasteiger partial charge in [0, 0.05) is 31.6 Å². The minimum Gasteiger partial charge on any atom is -0.361 e. The number of aryl methyl sites for hydroxylation is 2. The van der Waals surface area contributed by atoms with Crippen LogP contribution in [0, 0.1) is 6.92 Å². The van der Waals surface area contributed by atoms with Crippen molar-refractivity contribution in [2.45, 2.75) is 30.8 Å². The summed E-state index contributed by atoms with van der Waals surface area (Å²) < 4.78 is 6.77. The molecule has 6 nitrogen and oxygen atoms in total.